The Labute approximate surface area is 193 Å². The minimum absolute atomic E-state index is 0.0897. The summed E-state index contributed by atoms with van der Waals surface area (Å²) in [6.07, 6.45) is -1.30. The van der Waals surface area contributed by atoms with E-state index < -0.39 is 30.0 Å². The van der Waals surface area contributed by atoms with Crippen LogP contribution in [0.1, 0.15) is 6.92 Å². The monoisotopic (exact) mass is 477 g/mol. The number of halogens is 2. The molecule has 1 amide bonds. The average Bonchev–Trinajstić information content (AvgIpc) is 3.08. The molecular formula is C22H25F2N5O3S. The van der Waals surface area contributed by atoms with Crippen LogP contribution in [-0.4, -0.2) is 55.6 Å². The van der Waals surface area contributed by atoms with Gasteiger partial charge in [-0.05, 0) is 45.3 Å². The van der Waals surface area contributed by atoms with Crippen LogP contribution in [0.25, 0.3) is 11.3 Å². The van der Waals surface area contributed by atoms with Crippen LogP contribution in [0.2, 0.25) is 0 Å². The third kappa shape index (κ3) is 7.57. The number of thiazole rings is 1. The highest BCUT2D eigenvalue weighted by Crippen LogP contribution is 2.15. The zero-order chi connectivity index (χ0) is 24.4. The fraction of sp³-hybridized carbons (Fsp3) is 0.364. The van der Waals surface area contributed by atoms with E-state index in [1.54, 1.807) is 13.0 Å². The van der Waals surface area contributed by atoms with Crippen LogP contribution in [0.15, 0.2) is 35.3 Å². The molecule has 2 rings (SSSR count). The summed E-state index contributed by atoms with van der Waals surface area (Å²) in [5, 5.41) is 14.3. The number of carbonyl (C=O) groups excluding carboxylic acids is 1. The molecule has 0 bridgehead atoms. The van der Waals surface area contributed by atoms with Gasteiger partial charge in [0.15, 0.2) is 5.57 Å². The molecule has 1 heterocycles. The second-order valence-corrected chi connectivity index (χ2v) is 7.98. The van der Waals surface area contributed by atoms with Gasteiger partial charge in [0.05, 0.1) is 6.54 Å². The Kier molecular flexibility index (Phi) is 9.82. The molecule has 176 valence electrons. The summed E-state index contributed by atoms with van der Waals surface area (Å²) in [5.41, 5.74) is 2.73. The van der Waals surface area contributed by atoms with Gasteiger partial charge in [-0.2, -0.15) is 5.26 Å². The van der Waals surface area contributed by atoms with Gasteiger partial charge in [0.2, 0.25) is 0 Å². The Morgan fingerprint density at radius 2 is 2.03 bits per heavy atom. The van der Waals surface area contributed by atoms with Crippen LogP contribution in [0, 0.1) is 11.3 Å². The summed E-state index contributed by atoms with van der Waals surface area (Å²) in [5.74, 6) is -0.225. The molecule has 0 radical (unpaired) electrons. The van der Waals surface area contributed by atoms with Crippen molar-refractivity contribution < 1.29 is 18.3 Å². The number of ether oxygens (including phenoxy) is 1. The summed E-state index contributed by atoms with van der Waals surface area (Å²) in [6, 6.07) is 8.94. The predicted octanol–water partition coefficient (Wildman–Crippen LogP) is 0.931. The van der Waals surface area contributed by atoms with Crippen molar-refractivity contribution in [3.8, 4) is 11.8 Å². The first-order valence-corrected chi connectivity index (χ1v) is 10.9. The molecule has 0 spiro atoms. The number of hydrogen-bond acceptors (Lipinski definition) is 7. The average molecular weight is 478 g/mol. The molecule has 0 aliphatic heterocycles. The zero-order valence-electron chi connectivity index (χ0n) is 18.5. The summed E-state index contributed by atoms with van der Waals surface area (Å²) >= 11 is 0.891. The van der Waals surface area contributed by atoms with Gasteiger partial charge in [-0.1, -0.05) is 5.73 Å². The number of nitrogens with one attached hydrogen (secondary N) is 2. The molecule has 1 aromatic heterocycles. The van der Waals surface area contributed by atoms with Crippen LogP contribution in [-0.2, 0) is 11.3 Å². The lowest BCUT2D eigenvalue weighted by Crippen LogP contribution is -2.35. The highest BCUT2D eigenvalue weighted by molar-refractivity contribution is 7.07. The van der Waals surface area contributed by atoms with Crippen molar-refractivity contribution in [3.63, 3.8) is 0 Å². The van der Waals surface area contributed by atoms with Gasteiger partial charge in [-0.3, -0.25) is 14.2 Å². The van der Waals surface area contributed by atoms with Crippen molar-refractivity contribution in [2.45, 2.75) is 19.9 Å². The number of nitriles is 1. The fourth-order valence-electron chi connectivity index (χ4n) is 2.61. The van der Waals surface area contributed by atoms with Crippen molar-refractivity contribution >= 4 is 34.2 Å². The molecule has 2 aromatic rings. The van der Waals surface area contributed by atoms with Crippen LogP contribution in [0.5, 0.6) is 5.75 Å². The number of rotatable bonds is 10. The molecule has 0 saturated carbocycles. The number of benzene rings is 1. The van der Waals surface area contributed by atoms with E-state index >= 15 is 0 Å². The lowest BCUT2D eigenvalue weighted by Gasteiger charge is -2.11. The van der Waals surface area contributed by atoms with E-state index in [0.717, 1.165) is 29.3 Å². The molecule has 33 heavy (non-hydrogen) atoms. The molecule has 8 nitrogen and oxygen atoms in total. The summed E-state index contributed by atoms with van der Waals surface area (Å²) < 4.78 is 31.9. The van der Waals surface area contributed by atoms with E-state index in [0.29, 0.717) is 6.61 Å². The lowest BCUT2D eigenvalue weighted by molar-refractivity contribution is -0.116. The Balaban J connectivity index is 2.28. The number of anilines is 1. The maximum absolute atomic E-state index is 12.6. The number of alkyl halides is 2. The largest absolute Gasteiger partial charge is 0.492 e. The predicted molar refractivity (Wildman–Crippen MR) is 124 cm³/mol. The van der Waals surface area contributed by atoms with Crippen molar-refractivity contribution in [3.05, 3.63) is 50.0 Å². The molecule has 0 aliphatic carbocycles. The smallest absolute Gasteiger partial charge is 0.277 e. The van der Waals surface area contributed by atoms with E-state index in [2.05, 4.69) is 11.0 Å². The minimum atomic E-state index is -2.75. The van der Waals surface area contributed by atoms with E-state index in [4.69, 9.17) is 4.74 Å². The highest BCUT2D eigenvalue weighted by atomic mass is 32.1. The second-order valence-electron chi connectivity index (χ2n) is 6.98. The van der Waals surface area contributed by atoms with Gasteiger partial charge in [0.1, 0.15) is 27.6 Å². The number of carbonyl (C=O) groups is 1. The topological polar surface area (TPSA) is 99.4 Å². The number of amides is 1. The third-order valence-corrected chi connectivity index (χ3v) is 5.39. The number of aromatic nitrogens is 1. The first-order valence-electron chi connectivity index (χ1n) is 10.1. The molecule has 0 aliphatic rings. The summed E-state index contributed by atoms with van der Waals surface area (Å²) in [7, 11) is 3.93. The van der Waals surface area contributed by atoms with Crippen LogP contribution >= 0.6 is 11.3 Å². The molecule has 0 fully saturated rings. The number of likely N-dealkylation sites (N-methyl/N-ethyl adjacent to an activating group) is 1. The molecular weight excluding hydrogens is 452 g/mol. The quantitative estimate of drug-likeness (QED) is 0.528. The highest BCUT2D eigenvalue weighted by Gasteiger charge is 2.16. The molecule has 11 heteroatoms. The lowest BCUT2D eigenvalue weighted by atomic mass is 10.3. The molecule has 1 aromatic carbocycles. The van der Waals surface area contributed by atoms with Gasteiger partial charge in [0.25, 0.3) is 17.9 Å². The SMILES string of the molecule is CCn1c(=O)c(=C=CNc2ccc(OCCN(C)C)cc2)s/c1=C(/C#N)C(=O)NCC(F)F. The Morgan fingerprint density at radius 1 is 1.33 bits per heavy atom. The van der Waals surface area contributed by atoms with Crippen molar-refractivity contribution in [1.82, 2.24) is 14.8 Å². The molecule has 2 N–H and O–H groups in total. The minimum Gasteiger partial charge on any atom is -0.492 e. The van der Waals surface area contributed by atoms with E-state index in [1.807, 2.05) is 48.6 Å². The normalized spacial score (nSPS) is 11.6. The molecule has 0 unspecified atom stereocenters. The van der Waals surface area contributed by atoms with Gasteiger partial charge < -0.3 is 20.3 Å². The van der Waals surface area contributed by atoms with Crippen LogP contribution in [0.4, 0.5) is 14.5 Å². The Morgan fingerprint density at radius 3 is 2.61 bits per heavy atom. The van der Waals surface area contributed by atoms with Gasteiger partial charge in [-0.15, -0.1) is 11.3 Å². The first kappa shape index (κ1) is 25.8. The second kappa shape index (κ2) is 12.6. The van der Waals surface area contributed by atoms with Crippen molar-refractivity contribution in [2.24, 2.45) is 0 Å². The number of nitrogens with zero attached hydrogens (tertiary/aromatic N) is 3. The van der Waals surface area contributed by atoms with E-state index in [1.165, 1.54) is 10.8 Å². The van der Waals surface area contributed by atoms with Gasteiger partial charge >= 0.3 is 0 Å². The molecule has 0 atom stereocenters. The standard InChI is InChI=1S/C22H25F2N5O3S/c1-4-29-21(31)18(33-22(29)17(13-25)20(30)27-14-19(23)24)9-10-26-15-5-7-16(8-6-15)32-12-11-28(2)3/h5-8,10,19,26H,4,11-12,14H2,1-3H3,(H,27,30)/b22-17-. The Bertz CT molecular complexity index is 1210. The summed E-state index contributed by atoms with van der Waals surface area (Å²) in [6.45, 7) is 2.36. The van der Waals surface area contributed by atoms with E-state index in [-0.39, 0.29) is 15.7 Å². The fourth-order valence-corrected chi connectivity index (χ4v) is 3.68. The molecule has 0 saturated heterocycles. The first-order chi connectivity index (χ1) is 15.8. The number of hydrogen-bond donors (Lipinski definition) is 2. The third-order valence-electron chi connectivity index (χ3n) is 4.27. The zero-order valence-corrected chi connectivity index (χ0v) is 19.3. The van der Waals surface area contributed by atoms with Crippen molar-refractivity contribution in [1.29, 1.82) is 5.26 Å². The van der Waals surface area contributed by atoms with Crippen LogP contribution < -0.4 is 30.1 Å². The summed E-state index contributed by atoms with van der Waals surface area (Å²) in [4.78, 5) is 26.8. The Hall–Kier alpha value is -3.45. The van der Waals surface area contributed by atoms with Crippen molar-refractivity contribution in [2.75, 3.05) is 39.1 Å². The van der Waals surface area contributed by atoms with Crippen LogP contribution in [0.3, 0.4) is 0 Å². The van der Waals surface area contributed by atoms with Gasteiger partial charge in [-0.25, -0.2) is 8.78 Å². The van der Waals surface area contributed by atoms with E-state index in [9.17, 15) is 23.6 Å². The van der Waals surface area contributed by atoms with Gasteiger partial charge in [0, 0.05) is 25.0 Å². The maximum atomic E-state index is 12.6. The maximum Gasteiger partial charge on any atom is 0.277 e.